The number of nitrogens with zero attached hydrogens (tertiary/aromatic N) is 1. The quantitative estimate of drug-likeness (QED) is 0.330. The maximum absolute atomic E-state index is 10.5. The predicted molar refractivity (Wildman–Crippen MR) is 70.2 cm³/mol. The van der Waals surface area contributed by atoms with Crippen molar-refractivity contribution in [2.75, 3.05) is 0 Å². The molecule has 0 aliphatic heterocycles. The first kappa shape index (κ1) is 17.1. The van der Waals surface area contributed by atoms with Crippen LogP contribution in [0.5, 0.6) is 0 Å². The van der Waals surface area contributed by atoms with Gasteiger partial charge in [0.2, 0.25) is 0 Å². The third kappa shape index (κ3) is 9.95. The predicted octanol–water partition coefficient (Wildman–Crippen LogP) is 3.26. The molecular formula is C14H17NO2. The summed E-state index contributed by atoms with van der Waals surface area (Å²) in [7, 11) is 0. The highest BCUT2D eigenvalue weighted by Crippen LogP contribution is 2.15. The van der Waals surface area contributed by atoms with Crippen molar-refractivity contribution in [3.05, 3.63) is 62.3 Å². The SMILES string of the molecule is C=CC=C.C=CCC(C=CC#N)C(=C)C(=O)O. The van der Waals surface area contributed by atoms with Gasteiger partial charge in [-0.15, -0.1) is 6.58 Å². The van der Waals surface area contributed by atoms with E-state index in [1.807, 2.05) is 0 Å². The standard InChI is InChI=1S/C10H11NO2.C4H6/c1-3-5-9(6-4-7-11)8(2)10(12)13;1-3-4-2/h3-4,6,9H,1-2,5H2,(H,12,13);3-4H,1-2H2. The third-order valence-corrected chi connectivity index (χ3v) is 1.71. The van der Waals surface area contributed by atoms with Gasteiger partial charge in [0.25, 0.3) is 0 Å². The fourth-order valence-corrected chi connectivity index (χ4v) is 0.834. The highest BCUT2D eigenvalue weighted by atomic mass is 16.4. The molecule has 0 saturated carbocycles. The molecule has 90 valence electrons. The normalized spacial score (nSPS) is 10.3. The summed E-state index contributed by atoms with van der Waals surface area (Å²) in [6.45, 7) is 13.6. The van der Waals surface area contributed by atoms with E-state index in [9.17, 15) is 4.79 Å². The zero-order chi connectivity index (χ0) is 13.7. The molecule has 0 aromatic carbocycles. The topological polar surface area (TPSA) is 61.1 Å². The molecule has 0 amide bonds. The highest BCUT2D eigenvalue weighted by molar-refractivity contribution is 5.86. The zero-order valence-electron chi connectivity index (χ0n) is 9.80. The monoisotopic (exact) mass is 231 g/mol. The lowest BCUT2D eigenvalue weighted by Gasteiger charge is -2.08. The minimum absolute atomic E-state index is 0.0754. The fraction of sp³-hybridized carbons (Fsp3) is 0.143. The number of aliphatic carboxylic acids is 1. The molecule has 0 spiro atoms. The minimum atomic E-state index is -1.05. The van der Waals surface area contributed by atoms with Gasteiger partial charge in [0, 0.05) is 17.6 Å². The molecule has 0 aliphatic rings. The first-order valence-corrected chi connectivity index (χ1v) is 4.87. The summed E-state index contributed by atoms with van der Waals surface area (Å²) in [4.78, 5) is 10.5. The molecule has 0 aromatic rings. The lowest BCUT2D eigenvalue weighted by Crippen LogP contribution is -2.08. The van der Waals surface area contributed by atoms with E-state index in [-0.39, 0.29) is 11.5 Å². The average molecular weight is 231 g/mol. The molecule has 0 bridgehead atoms. The Labute approximate surface area is 102 Å². The Morgan fingerprint density at radius 1 is 1.35 bits per heavy atom. The van der Waals surface area contributed by atoms with Gasteiger partial charge in [0.05, 0.1) is 6.07 Å². The van der Waals surface area contributed by atoms with E-state index in [0.29, 0.717) is 6.42 Å². The third-order valence-electron chi connectivity index (χ3n) is 1.71. The van der Waals surface area contributed by atoms with Crippen molar-refractivity contribution in [3.63, 3.8) is 0 Å². The van der Waals surface area contributed by atoms with E-state index in [1.54, 1.807) is 24.3 Å². The van der Waals surface area contributed by atoms with E-state index in [2.05, 4.69) is 26.3 Å². The molecule has 1 unspecified atom stereocenters. The van der Waals surface area contributed by atoms with Gasteiger partial charge in [-0.25, -0.2) is 4.79 Å². The molecule has 0 saturated heterocycles. The van der Waals surface area contributed by atoms with E-state index in [0.717, 1.165) is 0 Å². The summed E-state index contributed by atoms with van der Waals surface area (Å²) >= 11 is 0. The van der Waals surface area contributed by atoms with E-state index < -0.39 is 5.97 Å². The second-order valence-electron chi connectivity index (χ2n) is 2.92. The Balaban J connectivity index is 0. The number of carbonyl (C=O) groups is 1. The molecule has 0 aliphatic carbocycles. The van der Waals surface area contributed by atoms with Gasteiger partial charge < -0.3 is 5.11 Å². The van der Waals surface area contributed by atoms with Crippen molar-refractivity contribution < 1.29 is 9.90 Å². The van der Waals surface area contributed by atoms with E-state index in [1.165, 1.54) is 12.2 Å². The smallest absolute Gasteiger partial charge is 0.331 e. The number of hydrogen-bond donors (Lipinski definition) is 1. The molecule has 0 fully saturated rings. The number of carboxylic acids is 1. The lowest BCUT2D eigenvalue weighted by molar-refractivity contribution is -0.133. The van der Waals surface area contributed by atoms with Crippen LogP contribution in [-0.2, 0) is 4.79 Å². The van der Waals surface area contributed by atoms with E-state index >= 15 is 0 Å². The van der Waals surface area contributed by atoms with Gasteiger partial charge >= 0.3 is 5.97 Å². The Morgan fingerprint density at radius 2 is 1.88 bits per heavy atom. The summed E-state index contributed by atoms with van der Waals surface area (Å²) in [6, 6.07) is 1.80. The van der Waals surface area contributed by atoms with E-state index in [4.69, 9.17) is 10.4 Å². The summed E-state index contributed by atoms with van der Waals surface area (Å²) in [5, 5.41) is 16.9. The Morgan fingerprint density at radius 3 is 2.18 bits per heavy atom. The molecule has 1 N–H and O–H groups in total. The van der Waals surface area contributed by atoms with Gasteiger partial charge in [0.15, 0.2) is 0 Å². The second kappa shape index (κ2) is 11.7. The van der Waals surface area contributed by atoms with Gasteiger partial charge in [-0.05, 0) is 6.42 Å². The van der Waals surface area contributed by atoms with Crippen molar-refractivity contribution in [2.24, 2.45) is 5.92 Å². The van der Waals surface area contributed by atoms with Crippen molar-refractivity contribution in [1.82, 2.24) is 0 Å². The van der Waals surface area contributed by atoms with Crippen LogP contribution in [0.1, 0.15) is 6.42 Å². The van der Waals surface area contributed by atoms with Crippen LogP contribution in [0.25, 0.3) is 0 Å². The highest BCUT2D eigenvalue weighted by Gasteiger charge is 2.13. The van der Waals surface area contributed by atoms with Crippen molar-refractivity contribution in [2.45, 2.75) is 6.42 Å². The van der Waals surface area contributed by atoms with Crippen LogP contribution in [0.3, 0.4) is 0 Å². The van der Waals surface area contributed by atoms with Gasteiger partial charge in [0.1, 0.15) is 0 Å². The number of nitriles is 1. The van der Waals surface area contributed by atoms with Crippen LogP contribution in [0, 0.1) is 17.2 Å². The van der Waals surface area contributed by atoms with Crippen LogP contribution >= 0.6 is 0 Å². The molecule has 1 atom stereocenters. The Hall–Kier alpha value is -2.34. The number of rotatable bonds is 6. The number of carboxylic acid groups (broad SMARTS) is 1. The first-order valence-electron chi connectivity index (χ1n) is 4.87. The summed E-state index contributed by atoms with van der Waals surface area (Å²) in [6.07, 6.45) is 8.12. The largest absolute Gasteiger partial charge is 0.478 e. The molecule has 3 nitrogen and oxygen atoms in total. The molecule has 3 heteroatoms. The molecule has 17 heavy (non-hydrogen) atoms. The van der Waals surface area contributed by atoms with Crippen LogP contribution in [-0.4, -0.2) is 11.1 Å². The van der Waals surface area contributed by atoms with Crippen LogP contribution < -0.4 is 0 Å². The maximum Gasteiger partial charge on any atom is 0.331 e. The molecule has 0 aromatic heterocycles. The fourth-order valence-electron chi connectivity index (χ4n) is 0.834. The molecule has 0 rings (SSSR count). The molecular weight excluding hydrogens is 214 g/mol. The van der Waals surface area contributed by atoms with Gasteiger partial charge in [-0.2, -0.15) is 5.26 Å². The van der Waals surface area contributed by atoms with Gasteiger partial charge in [-0.1, -0.05) is 44.0 Å². The molecule has 0 radical (unpaired) electrons. The summed E-state index contributed by atoms with van der Waals surface area (Å²) in [5.74, 6) is -1.39. The molecule has 0 heterocycles. The maximum atomic E-state index is 10.5. The van der Waals surface area contributed by atoms with Crippen molar-refractivity contribution >= 4 is 5.97 Å². The Kier molecular flexibility index (Phi) is 11.8. The number of allylic oxidation sites excluding steroid dienone is 5. The minimum Gasteiger partial charge on any atom is -0.478 e. The zero-order valence-corrected chi connectivity index (χ0v) is 9.80. The first-order chi connectivity index (χ1) is 8.04. The summed E-state index contributed by atoms with van der Waals surface area (Å²) in [5.41, 5.74) is 0.0754. The Bertz CT molecular complexity index is 353. The number of hydrogen-bond acceptors (Lipinski definition) is 2. The van der Waals surface area contributed by atoms with Crippen LogP contribution in [0.2, 0.25) is 0 Å². The van der Waals surface area contributed by atoms with Crippen molar-refractivity contribution in [1.29, 1.82) is 5.26 Å². The van der Waals surface area contributed by atoms with Gasteiger partial charge in [-0.3, -0.25) is 0 Å². The van der Waals surface area contributed by atoms with Crippen LogP contribution in [0.4, 0.5) is 0 Å². The van der Waals surface area contributed by atoms with Crippen molar-refractivity contribution in [3.8, 4) is 6.07 Å². The average Bonchev–Trinajstić information content (AvgIpc) is 2.33. The summed E-state index contributed by atoms with van der Waals surface area (Å²) < 4.78 is 0. The second-order valence-corrected chi connectivity index (χ2v) is 2.92. The van der Waals surface area contributed by atoms with Crippen LogP contribution in [0.15, 0.2) is 62.3 Å². The lowest BCUT2D eigenvalue weighted by atomic mass is 9.96.